The Hall–Kier alpha value is -2.13. The van der Waals surface area contributed by atoms with E-state index in [0.717, 1.165) is 9.87 Å². The molecular weight excluding hydrogens is 485 g/mol. The highest BCUT2D eigenvalue weighted by atomic mass is 35.5. The van der Waals surface area contributed by atoms with E-state index in [1.165, 1.54) is 36.2 Å². The molecule has 0 bridgehead atoms. The molecule has 0 saturated heterocycles. The number of hydrogen-bond acceptors (Lipinski definition) is 4. The summed E-state index contributed by atoms with van der Waals surface area (Å²) in [4.78, 5) is 27.5. The Kier molecular flexibility index (Phi) is 8.93. The number of hydrogen-bond donors (Lipinski definition) is 1. The summed E-state index contributed by atoms with van der Waals surface area (Å²) in [6, 6.07) is 11.8. The average molecular weight is 514 g/mol. The van der Waals surface area contributed by atoms with E-state index in [1.807, 2.05) is 20.8 Å². The topological polar surface area (TPSA) is 86.8 Å². The number of carbonyl (C=O) groups is 2. The molecule has 1 atom stereocenters. The first-order valence-corrected chi connectivity index (χ1v) is 12.5. The van der Waals surface area contributed by atoms with Gasteiger partial charge in [0.25, 0.3) is 0 Å². The maximum absolute atomic E-state index is 13.3. The lowest BCUT2D eigenvalue weighted by atomic mass is 10.1. The largest absolute Gasteiger partial charge is 0.350 e. The normalized spacial score (nSPS) is 13.0. The molecule has 0 aliphatic rings. The van der Waals surface area contributed by atoms with Gasteiger partial charge in [-0.2, -0.15) is 4.31 Å². The second-order valence-corrected chi connectivity index (χ2v) is 11.7. The highest BCUT2D eigenvalue weighted by molar-refractivity contribution is 7.89. The van der Waals surface area contributed by atoms with Crippen LogP contribution in [0.3, 0.4) is 0 Å². The first-order chi connectivity index (χ1) is 15.2. The van der Waals surface area contributed by atoms with E-state index in [2.05, 4.69) is 5.32 Å². The van der Waals surface area contributed by atoms with E-state index in [1.54, 1.807) is 31.2 Å². The highest BCUT2D eigenvalue weighted by Crippen LogP contribution is 2.19. The van der Waals surface area contributed by atoms with Crippen molar-refractivity contribution in [1.82, 2.24) is 14.5 Å². The van der Waals surface area contributed by atoms with Crippen molar-refractivity contribution in [3.63, 3.8) is 0 Å². The van der Waals surface area contributed by atoms with E-state index in [9.17, 15) is 18.0 Å². The lowest BCUT2D eigenvalue weighted by molar-refractivity contribution is -0.141. The second-order valence-electron chi connectivity index (χ2n) is 8.78. The molecule has 0 radical (unpaired) electrons. The summed E-state index contributed by atoms with van der Waals surface area (Å²) in [7, 11) is -2.61. The Balaban J connectivity index is 2.28. The summed E-state index contributed by atoms with van der Waals surface area (Å²) in [5.74, 6) is -0.852. The fourth-order valence-electron chi connectivity index (χ4n) is 3.00. The van der Waals surface area contributed by atoms with E-state index >= 15 is 0 Å². The van der Waals surface area contributed by atoms with Gasteiger partial charge in [-0.25, -0.2) is 8.42 Å². The molecule has 10 heteroatoms. The summed E-state index contributed by atoms with van der Waals surface area (Å²) >= 11 is 11.8. The van der Waals surface area contributed by atoms with Crippen LogP contribution < -0.4 is 5.32 Å². The third-order valence-electron chi connectivity index (χ3n) is 4.81. The minimum Gasteiger partial charge on any atom is -0.350 e. The van der Waals surface area contributed by atoms with Gasteiger partial charge >= 0.3 is 0 Å². The molecule has 0 aliphatic carbocycles. The van der Waals surface area contributed by atoms with Crippen LogP contribution in [0, 0.1) is 0 Å². The van der Waals surface area contributed by atoms with Gasteiger partial charge in [0, 0.05) is 29.2 Å². The predicted molar refractivity (Wildman–Crippen MR) is 131 cm³/mol. The quantitative estimate of drug-likeness (QED) is 0.578. The van der Waals surface area contributed by atoms with Crippen LogP contribution in [0.25, 0.3) is 0 Å². The molecule has 2 aromatic rings. The number of nitrogens with one attached hydrogen (secondary N) is 1. The lowest BCUT2D eigenvalue weighted by Gasteiger charge is -2.32. The second kappa shape index (κ2) is 10.9. The van der Waals surface area contributed by atoms with Crippen molar-refractivity contribution in [1.29, 1.82) is 0 Å². The van der Waals surface area contributed by atoms with E-state index < -0.39 is 34.1 Å². The number of likely N-dealkylation sites (N-methyl/N-ethyl adjacent to an activating group) is 1. The highest BCUT2D eigenvalue weighted by Gasteiger charge is 2.31. The van der Waals surface area contributed by atoms with Crippen molar-refractivity contribution in [3.05, 3.63) is 64.1 Å². The molecule has 180 valence electrons. The maximum Gasteiger partial charge on any atom is 0.243 e. The molecule has 0 fully saturated rings. The Labute approximate surface area is 205 Å². The van der Waals surface area contributed by atoms with Gasteiger partial charge in [-0.05, 0) is 69.7 Å². The van der Waals surface area contributed by atoms with E-state index in [-0.39, 0.29) is 17.3 Å². The van der Waals surface area contributed by atoms with Gasteiger partial charge < -0.3 is 10.2 Å². The van der Waals surface area contributed by atoms with Crippen LogP contribution in [0.5, 0.6) is 0 Å². The fraction of sp³-hybridized carbons (Fsp3) is 0.391. The number of rotatable bonds is 8. The third-order valence-corrected chi connectivity index (χ3v) is 7.13. The zero-order chi connectivity index (χ0) is 25.0. The minimum absolute atomic E-state index is 0.0185. The molecular formula is C23H29Cl2N3O4S. The first kappa shape index (κ1) is 27.1. The Bertz CT molecular complexity index is 1080. The average Bonchev–Trinajstić information content (AvgIpc) is 2.71. The first-order valence-electron chi connectivity index (χ1n) is 10.3. The summed E-state index contributed by atoms with van der Waals surface area (Å²) in [6.07, 6.45) is 0. The van der Waals surface area contributed by atoms with Crippen molar-refractivity contribution in [2.45, 2.75) is 50.7 Å². The van der Waals surface area contributed by atoms with Gasteiger partial charge in [-0.3, -0.25) is 9.59 Å². The number of nitrogens with zero attached hydrogens (tertiary/aromatic N) is 2. The van der Waals surface area contributed by atoms with Gasteiger partial charge in [-0.1, -0.05) is 35.3 Å². The van der Waals surface area contributed by atoms with Crippen molar-refractivity contribution < 1.29 is 18.0 Å². The smallest absolute Gasteiger partial charge is 0.243 e. The Morgan fingerprint density at radius 3 is 1.94 bits per heavy atom. The van der Waals surface area contributed by atoms with Crippen LogP contribution >= 0.6 is 23.2 Å². The van der Waals surface area contributed by atoms with Gasteiger partial charge in [0.05, 0.1) is 11.4 Å². The van der Waals surface area contributed by atoms with Crippen LogP contribution in [0.15, 0.2) is 53.4 Å². The molecule has 0 heterocycles. The molecule has 33 heavy (non-hydrogen) atoms. The molecule has 1 N–H and O–H groups in total. The Morgan fingerprint density at radius 1 is 0.970 bits per heavy atom. The molecule has 7 nitrogen and oxygen atoms in total. The number of halogens is 2. The zero-order valence-corrected chi connectivity index (χ0v) is 21.6. The molecule has 2 aromatic carbocycles. The van der Waals surface area contributed by atoms with Crippen LogP contribution in [0.1, 0.15) is 33.3 Å². The molecule has 0 aliphatic heterocycles. The minimum atomic E-state index is -3.93. The molecule has 2 rings (SSSR count). The van der Waals surface area contributed by atoms with Crippen LogP contribution in [-0.2, 0) is 26.2 Å². The summed E-state index contributed by atoms with van der Waals surface area (Å²) in [6.45, 7) is 6.82. The number of amides is 2. The molecule has 0 aromatic heterocycles. The van der Waals surface area contributed by atoms with Gasteiger partial charge in [0.2, 0.25) is 21.8 Å². The van der Waals surface area contributed by atoms with Gasteiger partial charge in [0.1, 0.15) is 6.04 Å². The standard InChI is InChI=1S/C23H29Cl2N3O4S/c1-16(22(30)26-23(2,3)4)28(14-17-6-8-18(24)9-7-17)21(29)15-27(5)33(31,32)20-12-10-19(25)11-13-20/h6-13,16H,14-15H2,1-5H3,(H,26,30). The van der Waals surface area contributed by atoms with E-state index in [4.69, 9.17) is 23.2 Å². The fourth-order valence-corrected chi connectivity index (χ4v) is 4.37. The van der Waals surface area contributed by atoms with Crippen molar-refractivity contribution in [2.75, 3.05) is 13.6 Å². The summed E-state index contributed by atoms with van der Waals surface area (Å²) in [5, 5.41) is 3.81. The van der Waals surface area contributed by atoms with Crippen LogP contribution in [-0.4, -0.2) is 54.6 Å². The molecule has 0 spiro atoms. The number of benzene rings is 2. The summed E-state index contributed by atoms with van der Waals surface area (Å²) < 4.78 is 26.8. The van der Waals surface area contributed by atoms with Gasteiger partial charge in [-0.15, -0.1) is 0 Å². The third kappa shape index (κ3) is 7.71. The maximum atomic E-state index is 13.3. The van der Waals surface area contributed by atoms with Gasteiger partial charge in [0.15, 0.2) is 0 Å². The van der Waals surface area contributed by atoms with Crippen LogP contribution in [0.2, 0.25) is 10.0 Å². The molecule has 0 saturated carbocycles. The van der Waals surface area contributed by atoms with E-state index in [0.29, 0.717) is 10.0 Å². The number of carbonyl (C=O) groups excluding carboxylic acids is 2. The SMILES string of the molecule is CC(C(=O)NC(C)(C)C)N(Cc1ccc(Cl)cc1)C(=O)CN(C)S(=O)(=O)c1ccc(Cl)cc1. The van der Waals surface area contributed by atoms with Crippen molar-refractivity contribution in [3.8, 4) is 0 Å². The monoisotopic (exact) mass is 513 g/mol. The van der Waals surface area contributed by atoms with Crippen molar-refractivity contribution in [2.24, 2.45) is 0 Å². The lowest BCUT2D eigenvalue weighted by Crippen LogP contribution is -2.54. The van der Waals surface area contributed by atoms with Crippen LogP contribution in [0.4, 0.5) is 0 Å². The Morgan fingerprint density at radius 2 is 1.45 bits per heavy atom. The van der Waals surface area contributed by atoms with Crippen molar-refractivity contribution >= 4 is 45.0 Å². The number of sulfonamides is 1. The molecule has 1 unspecified atom stereocenters. The predicted octanol–water partition coefficient (Wildman–Crippen LogP) is 3.95. The zero-order valence-electron chi connectivity index (χ0n) is 19.3. The summed E-state index contributed by atoms with van der Waals surface area (Å²) in [5.41, 5.74) is 0.265. The molecule has 2 amide bonds.